The van der Waals surface area contributed by atoms with Crippen LogP contribution < -0.4 is 0 Å². The standard InChI is InChI=1S/C13H12ClNO4/c1-15-5-10(12(16)6-19-7-13(17)18)9-3-2-8(14)4-11(9)15/h2-5H,6-7H2,1H3,(H,17,18). The molecule has 0 aliphatic carbocycles. The van der Waals surface area contributed by atoms with Crippen molar-refractivity contribution in [3.8, 4) is 0 Å². The summed E-state index contributed by atoms with van der Waals surface area (Å²) in [6.07, 6.45) is 1.69. The van der Waals surface area contributed by atoms with Crippen LogP contribution in [-0.4, -0.2) is 34.6 Å². The Balaban J connectivity index is 2.25. The van der Waals surface area contributed by atoms with Gasteiger partial charge in [0.1, 0.15) is 13.2 Å². The van der Waals surface area contributed by atoms with Gasteiger partial charge in [0.25, 0.3) is 0 Å². The summed E-state index contributed by atoms with van der Waals surface area (Å²) >= 11 is 5.91. The van der Waals surface area contributed by atoms with Crippen LogP contribution in [0.5, 0.6) is 0 Å². The summed E-state index contributed by atoms with van der Waals surface area (Å²) in [6, 6.07) is 5.24. The number of carboxylic acid groups (broad SMARTS) is 1. The Morgan fingerprint density at radius 1 is 1.37 bits per heavy atom. The van der Waals surface area contributed by atoms with Gasteiger partial charge in [0.05, 0.1) is 0 Å². The highest BCUT2D eigenvalue weighted by Crippen LogP contribution is 2.24. The number of ketones is 1. The molecule has 19 heavy (non-hydrogen) atoms. The molecule has 0 saturated heterocycles. The van der Waals surface area contributed by atoms with E-state index in [1.807, 2.05) is 7.05 Å². The number of carboxylic acids is 1. The Morgan fingerprint density at radius 2 is 2.11 bits per heavy atom. The van der Waals surface area contributed by atoms with Crippen molar-refractivity contribution in [2.75, 3.05) is 13.2 Å². The molecule has 0 aliphatic rings. The molecule has 1 heterocycles. The lowest BCUT2D eigenvalue weighted by molar-refractivity contribution is -0.141. The van der Waals surface area contributed by atoms with Crippen molar-refractivity contribution < 1.29 is 19.4 Å². The number of ether oxygens (including phenoxy) is 1. The molecule has 1 aromatic carbocycles. The van der Waals surface area contributed by atoms with E-state index in [0.717, 1.165) is 10.9 Å². The largest absolute Gasteiger partial charge is 0.480 e. The quantitative estimate of drug-likeness (QED) is 0.852. The lowest BCUT2D eigenvalue weighted by Gasteiger charge is -2.00. The maximum atomic E-state index is 12.0. The van der Waals surface area contributed by atoms with Crippen LogP contribution in [-0.2, 0) is 16.6 Å². The van der Waals surface area contributed by atoms with E-state index in [-0.39, 0.29) is 12.4 Å². The predicted molar refractivity (Wildman–Crippen MR) is 70.7 cm³/mol. The molecule has 0 saturated carbocycles. The van der Waals surface area contributed by atoms with E-state index in [9.17, 15) is 9.59 Å². The van der Waals surface area contributed by atoms with Crippen LogP contribution >= 0.6 is 11.6 Å². The van der Waals surface area contributed by atoms with Gasteiger partial charge in [-0.25, -0.2) is 4.79 Å². The van der Waals surface area contributed by atoms with Gasteiger partial charge in [-0.05, 0) is 12.1 Å². The third-order valence-corrected chi connectivity index (χ3v) is 2.95. The van der Waals surface area contributed by atoms with Crippen molar-refractivity contribution in [2.45, 2.75) is 0 Å². The lowest BCUT2D eigenvalue weighted by Crippen LogP contribution is -2.14. The van der Waals surface area contributed by atoms with Gasteiger partial charge in [-0.1, -0.05) is 17.7 Å². The zero-order chi connectivity index (χ0) is 14.0. The molecule has 0 amide bonds. The molecule has 2 aromatic rings. The van der Waals surface area contributed by atoms with E-state index in [1.165, 1.54) is 0 Å². The first-order valence-electron chi connectivity index (χ1n) is 5.56. The maximum absolute atomic E-state index is 12.0. The third kappa shape index (κ3) is 2.94. The van der Waals surface area contributed by atoms with Crippen LogP contribution in [0.3, 0.4) is 0 Å². The predicted octanol–water partition coefficient (Wildman–Crippen LogP) is 2.12. The summed E-state index contributed by atoms with van der Waals surface area (Å²) in [5.74, 6) is -1.35. The van der Waals surface area contributed by atoms with Gasteiger partial charge in [-0.15, -0.1) is 0 Å². The number of halogens is 1. The molecular weight excluding hydrogens is 270 g/mol. The maximum Gasteiger partial charge on any atom is 0.329 e. The van der Waals surface area contributed by atoms with Crippen LogP contribution in [0.25, 0.3) is 10.9 Å². The zero-order valence-corrected chi connectivity index (χ0v) is 11.0. The van der Waals surface area contributed by atoms with Crippen LogP contribution in [0.15, 0.2) is 24.4 Å². The number of rotatable bonds is 5. The van der Waals surface area contributed by atoms with Crippen molar-refractivity contribution in [1.82, 2.24) is 4.57 Å². The number of hydrogen-bond acceptors (Lipinski definition) is 3. The van der Waals surface area contributed by atoms with Gasteiger partial charge >= 0.3 is 5.97 Å². The molecule has 2 rings (SSSR count). The molecule has 1 N–H and O–H groups in total. The molecule has 0 radical (unpaired) electrons. The van der Waals surface area contributed by atoms with E-state index in [4.69, 9.17) is 21.4 Å². The van der Waals surface area contributed by atoms with E-state index in [0.29, 0.717) is 10.6 Å². The first-order valence-corrected chi connectivity index (χ1v) is 5.94. The fraction of sp³-hybridized carbons (Fsp3) is 0.231. The van der Waals surface area contributed by atoms with Gasteiger partial charge in [-0.3, -0.25) is 4.79 Å². The molecular formula is C13H12ClNO4. The highest BCUT2D eigenvalue weighted by Gasteiger charge is 2.14. The monoisotopic (exact) mass is 281 g/mol. The Labute approximate surface area is 114 Å². The SMILES string of the molecule is Cn1cc(C(=O)COCC(=O)O)c2ccc(Cl)cc21. The van der Waals surface area contributed by atoms with Crippen LogP contribution in [0.2, 0.25) is 5.02 Å². The van der Waals surface area contributed by atoms with Crippen molar-refractivity contribution in [2.24, 2.45) is 7.05 Å². The van der Waals surface area contributed by atoms with E-state index in [1.54, 1.807) is 29.0 Å². The number of Topliss-reactive ketones (excluding diaryl/α,β-unsaturated/α-hetero) is 1. The Morgan fingerprint density at radius 3 is 2.79 bits per heavy atom. The number of benzene rings is 1. The number of aryl methyl sites for hydroxylation is 1. The number of aromatic nitrogens is 1. The van der Waals surface area contributed by atoms with E-state index >= 15 is 0 Å². The normalized spacial score (nSPS) is 10.8. The van der Waals surface area contributed by atoms with Crippen LogP contribution in [0.1, 0.15) is 10.4 Å². The van der Waals surface area contributed by atoms with Gasteiger partial charge < -0.3 is 14.4 Å². The lowest BCUT2D eigenvalue weighted by atomic mass is 10.1. The molecule has 0 atom stereocenters. The topological polar surface area (TPSA) is 68.5 Å². The molecule has 0 bridgehead atoms. The van der Waals surface area contributed by atoms with E-state index < -0.39 is 12.6 Å². The number of carbonyl (C=O) groups is 2. The number of fused-ring (bicyclic) bond motifs is 1. The Bertz CT molecular complexity index is 647. The van der Waals surface area contributed by atoms with Gasteiger partial charge in [-0.2, -0.15) is 0 Å². The van der Waals surface area contributed by atoms with Crippen molar-refractivity contribution in [1.29, 1.82) is 0 Å². The number of hydrogen-bond donors (Lipinski definition) is 1. The highest BCUT2D eigenvalue weighted by molar-refractivity contribution is 6.31. The number of nitrogens with zero attached hydrogens (tertiary/aromatic N) is 1. The fourth-order valence-electron chi connectivity index (χ4n) is 1.89. The molecule has 5 nitrogen and oxygen atoms in total. The number of aliphatic carboxylic acids is 1. The highest BCUT2D eigenvalue weighted by atomic mass is 35.5. The smallest absolute Gasteiger partial charge is 0.329 e. The summed E-state index contributed by atoms with van der Waals surface area (Å²) in [5.41, 5.74) is 1.34. The summed E-state index contributed by atoms with van der Waals surface area (Å²) < 4.78 is 6.61. The fourth-order valence-corrected chi connectivity index (χ4v) is 2.05. The minimum absolute atomic E-state index is 0.255. The molecule has 0 spiro atoms. The molecule has 0 aliphatic heterocycles. The second-order valence-corrected chi connectivity index (χ2v) is 4.56. The molecule has 6 heteroatoms. The molecule has 100 valence electrons. The summed E-state index contributed by atoms with van der Waals surface area (Å²) in [5, 5.41) is 9.81. The van der Waals surface area contributed by atoms with Gasteiger partial charge in [0.15, 0.2) is 5.78 Å². The second-order valence-electron chi connectivity index (χ2n) is 4.12. The second kappa shape index (κ2) is 5.42. The summed E-state index contributed by atoms with van der Waals surface area (Å²) in [6.45, 7) is -0.740. The average molecular weight is 282 g/mol. The van der Waals surface area contributed by atoms with Crippen molar-refractivity contribution in [3.63, 3.8) is 0 Å². The average Bonchev–Trinajstić information content (AvgIpc) is 2.66. The first-order chi connectivity index (χ1) is 8.99. The zero-order valence-electron chi connectivity index (χ0n) is 10.2. The van der Waals surface area contributed by atoms with Crippen LogP contribution in [0.4, 0.5) is 0 Å². The minimum atomic E-state index is -1.10. The molecule has 1 aromatic heterocycles. The third-order valence-electron chi connectivity index (χ3n) is 2.71. The van der Waals surface area contributed by atoms with Crippen LogP contribution in [0, 0.1) is 0 Å². The molecule has 0 fully saturated rings. The van der Waals surface area contributed by atoms with Gasteiger partial charge in [0, 0.05) is 34.7 Å². The first kappa shape index (κ1) is 13.6. The molecule has 0 unspecified atom stereocenters. The van der Waals surface area contributed by atoms with Crippen molar-refractivity contribution >= 4 is 34.3 Å². The Kier molecular flexibility index (Phi) is 3.87. The van der Waals surface area contributed by atoms with E-state index in [2.05, 4.69) is 0 Å². The minimum Gasteiger partial charge on any atom is -0.480 e. The van der Waals surface area contributed by atoms with Gasteiger partial charge in [0.2, 0.25) is 0 Å². The summed E-state index contributed by atoms with van der Waals surface area (Å²) in [4.78, 5) is 22.3. The Hall–Kier alpha value is -1.85. The van der Waals surface area contributed by atoms with Crippen molar-refractivity contribution in [3.05, 3.63) is 35.0 Å². The number of carbonyl (C=O) groups excluding carboxylic acids is 1. The summed E-state index contributed by atoms with van der Waals surface area (Å²) in [7, 11) is 1.81.